The number of nitrogen functional groups attached to an aromatic ring is 1. The summed E-state index contributed by atoms with van der Waals surface area (Å²) in [6.07, 6.45) is 9.70. The number of unbranched alkanes of at least 4 members (excludes halogenated alkanes) is 1. The quantitative estimate of drug-likeness (QED) is 0.380. The number of anilines is 3. The molecule has 9 nitrogen and oxygen atoms in total. The first kappa shape index (κ1) is 30.2. The number of hydrogen-bond donors (Lipinski definition) is 2. The lowest BCUT2D eigenvalue weighted by molar-refractivity contribution is -0.120. The second-order valence-corrected chi connectivity index (χ2v) is 10.8. The smallest absolute Gasteiger partial charge is 0.226 e. The highest BCUT2D eigenvalue weighted by atomic mass is 16.3. The Hall–Kier alpha value is -3.75. The largest absolute Gasteiger partial charge is 0.507 e. The molecule has 2 saturated heterocycles. The molecule has 6 rings (SSSR count). The van der Waals surface area contributed by atoms with Crippen LogP contribution in [0, 0.1) is 0 Å². The standard InChI is InChI=1S/C26H29N7O2.C4H10.C2H6/c27-25-23(13-22(30-31-25)20-3-1-2-4-24(20)35)32-14-17-7-8-18(15-32)33(17)26-28-12-11-21(29-26)16-5-9-19(34)10-6-16;1-3-4-2;1-2/h1-4,11-13,16-18,35H,5-10,14-15H2,(H2,27,31);3-4H2,1-2H3;1-2H3/t17-,18?;;/m1../s1. The Bertz CT molecular complexity index is 1270. The minimum absolute atomic E-state index is 0.168. The van der Waals surface area contributed by atoms with Crippen molar-refractivity contribution in [2.24, 2.45) is 0 Å². The van der Waals surface area contributed by atoms with E-state index < -0.39 is 0 Å². The number of nitrogens with two attached hydrogens (primary N) is 1. The normalized spacial score (nSPS) is 20.1. The fourth-order valence-corrected chi connectivity index (χ4v) is 5.84. The van der Waals surface area contributed by atoms with Gasteiger partial charge in [0.25, 0.3) is 0 Å². The molecule has 2 atom stereocenters. The van der Waals surface area contributed by atoms with Crippen LogP contribution < -0.4 is 15.5 Å². The summed E-state index contributed by atoms with van der Waals surface area (Å²) in [5.41, 5.74) is 9.40. The zero-order valence-electron chi connectivity index (χ0n) is 25.0. The number of phenols is 1. The van der Waals surface area contributed by atoms with Gasteiger partial charge < -0.3 is 20.6 Å². The van der Waals surface area contributed by atoms with Gasteiger partial charge in [-0.1, -0.05) is 52.7 Å². The summed E-state index contributed by atoms with van der Waals surface area (Å²) in [6.45, 7) is 9.94. The number of nitrogens with zero attached hydrogens (tertiary/aromatic N) is 6. The number of benzene rings is 1. The van der Waals surface area contributed by atoms with Gasteiger partial charge in [-0.25, -0.2) is 9.97 Å². The number of piperazine rings is 1. The topological polar surface area (TPSA) is 121 Å². The van der Waals surface area contributed by atoms with E-state index in [4.69, 9.17) is 10.7 Å². The van der Waals surface area contributed by atoms with Crippen molar-refractivity contribution in [1.82, 2.24) is 20.2 Å². The molecule has 3 aliphatic rings. The van der Waals surface area contributed by atoms with E-state index in [-0.39, 0.29) is 17.8 Å². The van der Waals surface area contributed by atoms with Crippen LogP contribution in [0.1, 0.15) is 90.7 Å². The molecule has 0 spiro atoms. The van der Waals surface area contributed by atoms with Crippen LogP contribution in [0.2, 0.25) is 0 Å². The summed E-state index contributed by atoms with van der Waals surface area (Å²) in [7, 11) is 0. The number of phenolic OH excluding ortho intramolecular Hbond substituents is 1. The maximum Gasteiger partial charge on any atom is 0.226 e. The summed E-state index contributed by atoms with van der Waals surface area (Å²) in [4.78, 5) is 25.9. The Morgan fingerprint density at radius 3 is 2.24 bits per heavy atom. The molecule has 1 aromatic carbocycles. The first-order valence-corrected chi connectivity index (χ1v) is 15.3. The number of ketones is 1. The van der Waals surface area contributed by atoms with Crippen LogP contribution >= 0.6 is 0 Å². The molecule has 2 aromatic heterocycles. The molecule has 2 aliphatic heterocycles. The summed E-state index contributed by atoms with van der Waals surface area (Å²) in [5, 5.41) is 18.7. The van der Waals surface area contributed by atoms with Crippen LogP contribution in [-0.4, -0.2) is 56.2 Å². The van der Waals surface area contributed by atoms with Crippen molar-refractivity contribution in [2.75, 3.05) is 28.6 Å². The van der Waals surface area contributed by atoms with Crippen LogP contribution in [0.25, 0.3) is 11.3 Å². The monoisotopic (exact) mass is 559 g/mol. The minimum Gasteiger partial charge on any atom is -0.507 e. The highest BCUT2D eigenvalue weighted by Crippen LogP contribution is 2.38. The Morgan fingerprint density at radius 2 is 1.61 bits per heavy atom. The van der Waals surface area contributed by atoms with Gasteiger partial charge in [0, 0.05) is 61.4 Å². The number of aromatic hydroxyl groups is 1. The first-order chi connectivity index (χ1) is 20.0. The molecule has 1 unspecified atom stereocenters. The van der Waals surface area contributed by atoms with Gasteiger partial charge in [-0.05, 0) is 49.9 Å². The predicted octanol–water partition coefficient (Wildman–Crippen LogP) is 6.14. The maximum atomic E-state index is 11.7. The molecule has 0 amide bonds. The van der Waals surface area contributed by atoms with Gasteiger partial charge in [0.15, 0.2) is 5.82 Å². The zero-order chi connectivity index (χ0) is 29.4. The van der Waals surface area contributed by atoms with Crippen molar-refractivity contribution in [3.63, 3.8) is 0 Å². The average molecular weight is 560 g/mol. The summed E-state index contributed by atoms with van der Waals surface area (Å²) >= 11 is 0. The molecule has 1 aliphatic carbocycles. The average Bonchev–Trinajstić information content (AvgIpc) is 3.28. The minimum atomic E-state index is 0.168. The number of fused-ring (bicyclic) bond motifs is 2. The molecular weight excluding hydrogens is 514 g/mol. The van der Waals surface area contributed by atoms with Crippen molar-refractivity contribution in [3.05, 3.63) is 48.3 Å². The number of rotatable bonds is 5. The van der Waals surface area contributed by atoms with E-state index in [1.165, 1.54) is 12.8 Å². The molecule has 3 aromatic rings. The predicted molar refractivity (Wildman–Crippen MR) is 165 cm³/mol. The van der Waals surface area contributed by atoms with E-state index in [0.717, 1.165) is 56.1 Å². The Balaban J connectivity index is 0.000000596. The van der Waals surface area contributed by atoms with Crippen LogP contribution in [0.15, 0.2) is 42.6 Å². The van der Waals surface area contributed by atoms with Gasteiger partial charge in [-0.3, -0.25) is 4.79 Å². The lowest BCUT2D eigenvalue weighted by Gasteiger charge is -2.42. The second kappa shape index (κ2) is 14.2. The van der Waals surface area contributed by atoms with Crippen LogP contribution in [0.5, 0.6) is 5.75 Å². The molecule has 9 heteroatoms. The third-order valence-electron chi connectivity index (χ3n) is 8.16. The van der Waals surface area contributed by atoms with E-state index in [0.29, 0.717) is 41.6 Å². The summed E-state index contributed by atoms with van der Waals surface area (Å²) < 4.78 is 0. The van der Waals surface area contributed by atoms with Gasteiger partial charge in [-0.15, -0.1) is 10.2 Å². The van der Waals surface area contributed by atoms with Gasteiger partial charge in [0.05, 0.1) is 11.4 Å². The summed E-state index contributed by atoms with van der Waals surface area (Å²) in [5.74, 6) is 2.05. The van der Waals surface area contributed by atoms with Gasteiger partial charge in [0.1, 0.15) is 11.5 Å². The molecule has 3 fully saturated rings. The highest BCUT2D eigenvalue weighted by molar-refractivity contribution is 5.79. The van der Waals surface area contributed by atoms with Crippen molar-refractivity contribution < 1.29 is 9.90 Å². The Morgan fingerprint density at radius 1 is 0.951 bits per heavy atom. The van der Waals surface area contributed by atoms with Crippen molar-refractivity contribution in [1.29, 1.82) is 0 Å². The first-order valence-electron chi connectivity index (χ1n) is 15.3. The summed E-state index contributed by atoms with van der Waals surface area (Å²) in [6, 6.07) is 11.6. The molecule has 41 heavy (non-hydrogen) atoms. The van der Waals surface area contributed by atoms with Crippen molar-refractivity contribution in [3.8, 4) is 17.0 Å². The molecule has 1 saturated carbocycles. The van der Waals surface area contributed by atoms with Crippen LogP contribution in [-0.2, 0) is 4.79 Å². The van der Waals surface area contributed by atoms with Gasteiger partial charge >= 0.3 is 0 Å². The fourth-order valence-electron chi connectivity index (χ4n) is 5.84. The molecule has 0 radical (unpaired) electrons. The van der Waals surface area contributed by atoms with E-state index in [1.807, 2.05) is 44.3 Å². The van der Waals surface area contributed by atoms with Crippen LogP contribution in [0.3, 0.4) is 0 Å². The third kappa shape index (κ3) is 6.94. The lowest BCUT2D eigenvalue weighted by Crippen LogP contribution is -2.54. The molecular formula is C32H45N7O2. The lowest BCUT2D eigenvalue weighted by atomic mass is 9.86. The third-order valence-corrected chi connectivity index (χ3v) is 8.16. The van der Waals surface area contributed by atoms with E-state index in [1.54, 1.807) is 12.1 Å². The van der Waals surface area contributed by atoms with E-state index >= 15 is 0 Å². The Kier molecular flexibility index (Phi) is 10.5. The molecule has 220 valence electrons. The SMILES string of the molecule is CC.CCCC.Nc1nnc(-c2ccccc2O)cc1N1CC2CC[C@H](C1)N2c1nccc(C2CCC(=O)CC2)n1. The fraction of sp³-hybridized carbons (Fsp3) is 0.531. The molecule has 4 heterocycles. The zero-order valence-corrected chi connectivity index (χ0v) is 25.0. The number of Topliss-reactive ketones (excluding diaryl/α,β-unsaturated/α-hetero) is 1. The van der Waals surface area contributed by atoms with E-state index in [2.05, 4.69) is 38.8 Å². The van der Waals surface area contributed by atoms with Gasteiger partial charge in [0.2, 0.25) is 5.95 Å². The highest BCUT2D eigenvalue weighted by Gasteiger charge is 2.42. The van der Waals surface area contributed by atoms with Gasteiger partial charge in [-0.2, -0.15) is 0 Å². The Labute approximate surface area is 244 Å². The number of para-hydroxylation sites is 1. The van der Waals surface area contributed by atoms with Crippen LogP contribution in [0.4, 0.5) is 17.5 Å². The molecule has 3 N–H and O–H groups in total. The number of aromatic nitrogens is 4. The number of carbonyl (C=O) groups excluding carboxylic acids is 1. The van der Waals surface area contributed by atoms with Crippen molar-refractivity contribution in [2.45, 2.75) is 97.1 Å². The van der Waals surface area contributed by atoms with E-state index in [9.17, 15) is 9.90 Å². The van der Waals surface area contributed by atoms with Crippen molar-refractivity contribution >= 4 is 23.2 Å². The molecule has 2 bridgehead atoms. The second-order valence-electron chi connectivity index (χ2n) is 10.8. The number of carbonyl (C=O) groups is 1. The maximum absolute atomic E-state index is 11.7. The number of hydrogen-bond acceptors (Lipinski definition) is 9.